The number of aryl methyl sites for hydroxylation is 2. The van der Waals surface area contributed by atoms with Gasteiger partial charge in [-0.15, -0.1) is 11.3 Å². The van der Waals surface area contributed by atoms with Gasteiger partial charge >= 0.3 is 0 Å². The Morgan fingerprint density at radius 1 is 1.53 bits per heavy atom. The molecule has 4 heteroatoms. The van der Waals surface area contributed by atoms with Crippen molar-refractivity contribution in [1.82, 2.24) is 5.32 Å². The second-order valence-electron chi connectivity index (χ2n) is 3.43. The molecule has 15 heavy (non-hydrogen) atoms. The van der Waals surface area contributed by atoms with Crippen LogP contribution in [-0.4, -0.2) is 26.2 Å². The van der Waals surface area contributed by atoms with Gasteiger partial charge in [-0.25, -0.2) is 0 Å². The monoisotopic (exact) mass is 227 g/mol. The molecule has 1 N–H and O–H groups in total. The Kier molecular flexibility index (Phi) is 4.78. The van der Waals surface area contributed by atoms with Crippen LogP contribution in [0.25, 0.3) is 0 Å². The maximum Gasteiger partial charge on any atom is 0.252 e. The molecule has 0 atom stereocenters. The molecule has 0 radical (unpaired) electrons. The molecule has 1 rings (SSSR count). The fraction of sp³-hybridized carbons (Fsp3) is 0.545. The summed E-state index contributed by atoms with van der Waals surface area (Å²) in [5.74, 6) is 0.0213. The Labute approximate surface area is 94.5 Å². The average Bonchev–Trinajstić information content (AvgIpc) is 2.52. The van der Waals surface area contributed by atoms with Crippen molar-refractivity contribution in [3.05, 3.63) is 21.4 Å². The quantitative estimate of drug-likeness (QED) is 0.783. The molecule has 0 spiro atoms. The molecule has 0 unspecified atom stereocenters. The lowest BCUT2D eigenvalue weighted by Crippen LogP contribution is -2.25. The van der Waals surface area contributed by atoms with E-state index in [1.54, 1.807) is 18.4 Å². The number of ether oxygens (including phenoxy) is 1. The van der Waals surface area contributed by atoms with Crippen molar-refractivity contribution in [2.24, 2.45) is 0 Å². The van der Waals surface area contributed by atoms with E-state index in [1.807, 2.05) is 19.9 Å². The molecule has 0 aliphatic rings. The van der Waals surface area contributed by atoms with E-state index in [0.717, 1.165) is 16.9 Å². The highest BCUT2D eigenvalue weighted by molar-refractivity contribution is 7.12. The lowest BCUT2D eigenvalue weighted by Gasteiger charge is -2.03. The molecule has 0 aromatic carbocycles. The molecular weight excluding hydrogens is 210 g/mol. The van der Waals surface area contributed by atoms with Crippen molar-refractivity contribution < 1.29 is 9.53 Å². The topological polar surface area (TPSA) is 38.3 Å². The first kappa shape index (κ1) is 12.2. The molecule has 84 valence electrons. The standard InChI is InChI=1S/C11H17NO2S/c1-8-7-10(9(2)15-8)11(13)12-5-4-6-14-3/h7H,4-6H2,1-3H3,(H,12,13). The first-order chi connectivity index (χ1) is 7.15. The third-order valence-corrected chi connectivity index (χ3v) is 3.06. The van der Waals surface area contributed by atoms with Crippen LogP contribution < -0.4 is 5.32 Å². The summed E-state index contributed by atoms with van der Waals surface area (Å²) < 4.78 is 4.91. The van der Waals surface area contributed by atoms with Gasteiger partial charge in [-0.05, 0) is 26.3 Å². The van der Waals surface area contributed by atoms with Crippen LogP contribution in [0.2, 0.25) is 0 Å². The van der Waals surface area contributed by atoms with Crippen LogP contribution >= 0.6 is 11.3 Å². The minimum atomic E-state index is 0.0213. The van der Waals surface area contributed by atoms with Gasteiger partial charge in [0, 0.05) is 30.0 Å². The van der Waals surface area contributed by atoms with Gasteiger partial charge in [0.15, 0.2) is 0 Å². The molecular formula is C11H17NO2S. The van der Waals surface area contributed by atoms with E-state index < -0.39 is 0 Å². The number of hydrogen-bond acceptors (Lipinski definition) is 3. The van der Waals surface area contributed by atoms with E-state index in [9.17, 15) is 4.79 Å². The predicted molar refractivity (Wildman–Crippen MR) is 62.6 cm³/mol. The van der Waals surface area contributed by atoms with E-state index in [-0.39, 0.29) is 5.91 Å². The summed E-state index contributed by atoms with van der Waals surface area (Å²) in [7, 11) is 1.66. The zero-order chi connectivity index (χ0) is 11.3. The number of hydrogen-bond donors (Lipinski definition) is 1. The van der Waals surface area contributed by atoms with Crippen LogP contribution in [0.5, 0.6) is 0 Å². The van der Waals surface area contributed by atoms with E-state index in [4.69, 9.17) is 4.74 Å². The number of nitrogens with one attached hydrogen (secondary N) is 1. The van der Waals surface area contributed by atoms with Crippen LogP contribution in [-0.2, 0) is 4.74 Å². The Bertz CT molecular complexity index is 333. The smallest absolute Gasteiger partial charge is 0.252 e. The third-order valence-electron chi connectivity index (χ3n) is 2.10. The van der Waals surface area contributed by atoms with Crippen LogP contribution in [0.3, 0.4) is 0 Å². The van der Waals surface area contributed by atoms with Gasteiger partial charge in [-0.3, -0.25) is 4.79 Å². The molecule has 0 aliphatic heterocycles. The van der Waals surface area contributed by atoms with Crippen molar-refractivity contribution in [2.45, 2.75) is 20.3 Å². The second kappa shape index (κ2) is 5.88. The third kappa shape index (κ3) is 3.64. The zero-order valence-corrected chi connectivity index (χ0v) is 10.2. The van der Waals surface area contributed by atoms with Crippen molar-refractivity contribution in [3.63, 3.8) is 0 Å². The van der Waals surface area contributed by atoms with Gasteiger partial charge in [-0.1, -0.05) is 0 Å². The minimum absolute atomic E-state index is 0.0213. The number of carbonyl (C=O) groups is 1. The first-order valence-corrected chi connectivity index (χ1v) is 5.81. The van der Waals surface area contributed by atoms with Gasteiger partial charge in [-0.2, -0.15) is 0 Å². The molecule has 0 aliphatic carbocycles. The van der Waals surface area contributed by atoms with Crippen molar-refractivity contribution >= 4 is 17.2 Å². The van der Waals surface area contributed by atoms with Gasteiger partial charge in [0.2, 0.25) is 0 Å². The molecule has 0 saturated heterocycles. The summed E-state index contributed by atoms with van der Waals surface area (Å²) in [6.07, 6.45) is 0.852. The molecule has 0 fully saturated rings. The van der Waals surface area contributed by atoms with Crippen molar-refractivity contribution in [3.8, 4) is 0 Å². The van der Waals surface area contributed by atoms with Gasteiger partial charge < -0.3 is 10.1 Å². The van der Waals surface area contributed by atoms with Crippen LogP contribution in [0, 0.1) is 13.8 Å². The Balaban J connectivity index is 2.43. The van der Waals surface area contributed by atoms with Crippen LogP contribution in [0.4, 0.5) is 0 Å². The lowest BCUT2D eigenvalue weighted by molar-refractivity contribution is 0.0948. The molecule has 1 aromatic heterocycles. The summed E-state index contributed by atoms with van der Waals surface area (Å²) in [4.78, 5) is 14.0. The summed E-state index contributed by atoms with van der Waals surface area (Å²) in [5, 5.41) is 2.88. The molecule has 1 aromatic rings. The lowest BCUT2D eigenvalue weighted by atomic mass is 10.2. The largest absolute Gasteiger partial charge is 0.385 e. The van der Waals surface area contributed by atoms with Gasteiger partial charge in [0.1, 0.15) is 0 Å². The maximum atomic E-state index is 11.7. The van der Waals surface area contributed by atoms with E-state index >= 15 is 0 Å². The number of thiophene rings is 1. The van der Waals surface area contributed by atoms with E-state index in [1.165, 1.54) is 4.88 Å². The second-order valence-corrected chi connectivity index (χ2v) is 4.89. The van der Waals surface area contributed by atoms with E-state index in [0.29, 0.717) is 13.2 Å². The summed E-state index contributed by atoms with van der Waals surface area (Å²) in [5.41, 5.74) is 0.801. The highest BCUT2D eigenvalue weighted by Crippen LogP contribution is 2.20. The predicted octanol–water partition coefficient (Wildman–Crippen LogP) is 2.13. The molecule has 3 nitrogen and oxygen atoms in total. The number of carbonyl (C=O) groups excluding carboxylic acids is 1. The Hall–Kier alpha value is -0.870. The SMILES string of the molecule is COCCCNC(=O)c1cc(C)sc1C. The van der Waals surface area contributed by atoms with Crippen LogP contribution in [0.1, 0.15) is 26.5 Å². The van der Waals surface area contributed by atoms with E-state index in [2.05, 4.69) is 5.32 Å². The molecule has 0 bridgehead atoms. The van der Waals surface area contributed by atoms with Crippen molar-refractivity contribution in [1.29, 1.82) is 0 Å². The van der Waals surface area contributed by atoms with Crippen LogP contribution in [0.15, 0.2) is 6.07 Å². The van der Waals surface area contributed by atoms with Gasteiger partial charge in [0.25, 0.3) is 5.91 Å². The maximum absolute atomic E-state index is 11.7. The molecule has 1 amide bonds. The molecule has 0 saturated carbocycles. The normalized spacial score (nSPS) is 10.3. The fourth-order valence-corrected chi connectivity index (χ4v) is 2.29. The highest BCUT2D eigenvalue weighted by atomic mass is 32.1. The fourth-order valence-electron chi connectivity index (χ4n) is 1.37. The van der Waals surface area contributed by atoms with Gasteiger partial charge in [0.05, 0.1) is 5.56 Å². The number of amides is 1. The average molecular weight is 227 g/mol. The summed E-state index contributed by atoms with van der Waals surface area (Å²) >= 11 is 1.66. The Morgan fingerprint density at radius 2 is 2.27 bits per heavy atom. The first-order valence-electron chi connectivity index (χ1n) is 4.99. The highest BCUT2D eigenvalue weighted by Gasteiger charge is 2.10. The number of rotatable bonds is 5. The number of methoxy groups -OCH3 is 1. The molecule has 1 heterocycles. The van der Waals surface area contributed by atoms with Crippen molar-refractivity contribution in [2.75, 3.05) is 20.3 Å². The summed E-state index contributed by atoms with van der Waals surface area (Å²) in [6, 6.07) is 1.94. The Morgan fingerprint density at radius 3 is 2.80 bits per heavy atom. The minimum Gasteiger partial charge on any atom is -0.385 e. The zero-order valence-electron chi connectivity index (χ0n) is 9.42. The summed E-state index contributed by atoms with van der Waals surface area (Å²) in [6.45, 7) is 5.34.